The minimum Gasteiger partial charge on any atom is -0.481 e. The molecule has 0 amide bonds. The zero-order valence-electron chi connectivity index (χ0n) is 8.34. The van der Waals surface area contributed by atoms with E-state index in [2.05, 4.69) is 4.98 Å². The van der Waals surface area contributed by atoms with Gasteiger partial charge in [0.05, 0.1) is 18.3 Å². The Hall–Kier alpha value is -2.09. The normalized spacial score (nSPS) is 9.33. The third kappa shape index (κ3) is 3.27. The molecule has 0 radical (unpaired) electrons. The number of rotatable bonds is 4. The number of nitriles is 1. The van der Waals surface area contributed by atoms with Gasteiger partial charge in [-0.2, -0.15) is 5.26 Å². The van der Waals surface area contributed by atoms with Gasteiger partial charge in [0.25, 0.3) is 0 Å². The molecule has 0 spiro atoms. The summed E-state index contributed by atoms with van der Waals surface area (Å²) in [4.78, 5) is 16.0. The number of carbonyl (C=O) groups is 1. The van der Waals surface area contributed by atoms with Crippen LogP contribution in [-0.2, 0) is 4.79 Å². The van der Waals surface area contributed by atoms with E-state index in [1.807, 2.05) is 6.07 Å². The number of pyridine rings is 1. The highest BCUT2D eigenvalue weighted by molar-refractivity contribution is 5.67. The predicted molar refractivity (Wildman–Crippen MR) is 54.5 cm³/mol. The molecule has 0 aliphatic carbocycles. The highest BCUT2D eigenvalue weighted by atomic mass is 16.4. The van der Waals surface area contributed by atoms with Gasteiger partial charge >= 0.3 is 5.97 Å². The molecule has 0 aliphatic heterocycles. The smallest absolute Gasteiger partial charge is 0.305 e. The Labute approximate surface area is 87.6 Å². The van der Waals surface area contributed by atoms with Crippen molar-refractivity contribution >= 4 is 11.7 Å². The molecule has 1 aromatic heterocycles. The Kier molecular flexibility index (Phi) is 3.63. The van der Waals surface area contributed by atoms with Crippen molar-refractivity contribution in [1.82, 2.24) is 4.98 Å². The van der Waals surface area contributed by atoms with Gasteiger partial charge in [0.15, 0.2) is 0 Å². The lowest BCUT2D eigenvalue weighted by Crippen LogP contribution is -2.21. The fourth-order valence-electron chi connectivity index (χ4n) is 1.07. The summed E-state index contributed by atoms with van der Waals surface area (Å²) in [6.07, 6.45) is 1.64. The Bertz CT molecular complexity index is 381. The molecule has 0 saturated carbocycles. The third-order valence-corrected chi connectivity index (χ3v) is 1.96. The summed E-state index contributed by atoms with van der Waals surface area (Å²) < 4.78 is 0. The molecule has 1 heterocycles. The summed E-state index contributed by atoms with van der Waals surface area (Å²) in [6.45, 7) is 0.420. The summed E-state index contributed by atoms with van der Waals surface area (Å²) in [5.41, 5.74) is 1.15. The average molecular weight is 205 g/mol. The van der Waals surface area contributed by atoms with Crippen LogP contribution in [0.4, 0.5) is 5.69 Å². The van der Waals surface area contributed by atoms with Crippen molar-refractivity contribution < 1.29 is 9.90 Å². The van der Waals surface area contributed by atoms with Gasteiger partial charge in [-0.05, 0) is 12.1 Å². The highest BCUT2D eigenvalue weighted by Crippen LogP contribution is 2.10. The summed E-state index contributed by atoms with van der Waals surface area (Å²) in [7, 11) is 1.78. The molecule has 0 aromatic carbocycles. The molecule has 0 atom stereocenters. The van der Waals surface area contributed by atoms with Crippen LogP contribution in [0.2, 0.25) is 0 Å². The maximum Gasteiger partial charge on any atom is 0.305 e. The molecule has 5 nitrogen and oxygen atoms in total. The zero-order valence-corrected chi connectivity index (χ0v) is 8.34. The lowest BCUT2D eigenvalue weighted by atomic mass is 10.3. The van der Waals surface area contributed by atoms with Gasteiger partial charge in [-0.1, -0.05) is 0 Å². The minimum atomic E-state index is -0.830. The minimum absolute atomic E-state index is 0.0799. The molecule has 1 aromatic rings. The number of anilines is 1. The largest absolute Gasteiger partial charge is 0.481 e. The van der Waals surface area contributed by atoms with Crippen LogP contribution in [0.25, 0.3) is 0 Å². The fraction of sp³-hybridized carbons (Fsp3) is 0.300. The van der Waals surface area contributed by atoms with Crippen LogP contribution < -0.4 is 4.90 Å². The second kappa shape index (κ2) is 4.96. The van der Waals surface area contributed by atoms with E-state index in [1.165, 1.54) is 0 Å². The van der Waals surface area contributed by atoms with Crippen LogP contribution in [0.15, 0.2) is 18.3 Å². The Morgan fingerprint density at radius 2 is 2.40 bits per heavy atom. The van der Waals surface area contributed by atoms with Gasteiger partial charge in [0, 0.05) is 13.6 Å². The SMILES string of the molecule is CN(CCC(=O)O)c1ccc(C#N)nc1. The summed E-state index contributed by atoms with van der Waals surface area (Å²) in [5, 5.41) is 17.0. The summed E-state index contributed by atoms with van der Waals surface area (Å²) >= 11 is 0. The Balaban J connectivity index is 2.62. The second-order valence-electron chi connectivity index (χ2n) is 3.08. The molecular formula is C10H11N3O2. The number of hydrogen-bond donors (Lipinski definition) is 1. The van der Waals surface area contributed by atoms with Gasteiger partial charge < -0.3 is 10.0 Å². The van der Waals surface area contributed by atoms with Gasteiger partial charge in [-0.15, -0.1) is 0 Å². The van der Waals surface area contributed by atoms with Crippen molar-refractivity contribution in [1.29, 1.82) is 5.26 Å². The molecule has 0 unspecified atom stereocenters. The first-order valence-corrected chi connectivity index (χ1v) is 4.42. The zero-order chi connectivity index (χ0) is 11.3. The molecule has 0 saturated heterocycles. The fourth-order valence-corrected chi connectivity index (χ4v) is 1.07. The molecule has 0 aliphatic rings. The Morgan fingerprint density at radius 3 is 2.87 bits per heavy atom. The van der Waals surface area contributed by atoms with Crippen LogP contribution in [0.3, 0.4) is 0 Å². The lowest BCUT2D eigenvalue weighted by Gasteiger charge is -2.17. The molecule has 15 heavy (non-hydrogen) atoms. The molecule has 0 fully saturated rings. The summed E-state index contributed by atoms with van der Waals surface area (Å²) in [6, 6.07) is 5.27. The molecule has 0 bridgehead atoms. The van der Waals surface area contributed by atoms with Crippen LogP contribution in [0.1, 0.15) is 12.1 Å². The van der Waals surface area contributed by atoms with Crippen LogP contribution in [0.5, 0.6) is 0 Å². The topological polar surface area (TPSA) is 77.2 Å². The van der Waals surface area contributed by atoms with Crippen LogP contribution in [-0.4, -0.2) is 29.7 Å². The molecule has 78 valence electrons. The van der Waals surface area contributed by atoms with E-state index in [1.54, 1.807) is 30.3 Å². The van der Waals surface area contributed by atoms with Gasteiger partial charge in [0.2, 0.25) is 0 Å². The molecule has 5 heteroatoms. The first-order valence-electron chi connectivity index (χ1n) is 4.42. The van der Waals surface area contributed by atoms with E-state index in [4.69, 9.17) is 10.4 Å². The quantitative estimate of drug-likeness (QED) is 0.788. The number of carboxylic acids is 1. The molecule has 1 N–H and O–H groups in total. The number of aliphatic carboxylic acids is 1. The van der Waals surface area contributed by atoms with Gasteiger partial charge in [-0.25, -0.2) is 4.98 Å². The lowest BCUT2D eigenvalue weighted by molar-refractivity contribution is -0.136. The Morgan fingerprint density at radius 1 is 1.67 bits per heavy atom. The van der Waals surface area contributed by atoms with Crippen LogP contribution >= 0.6 is 0 Å². The van der Waals surface area contributed by atoms with E-state index in [0.29, 0.717) is 12.2 Å². The van der Waals surface area contributed by atoms with Crippen molar-refractivity contribution in [2.75, 3.05) is 18.5 Å². The number of nitrogens with zero attached hydrogens (tertiary/aromatic N) is 3. The van der Waals surface area contributed by atoms with Crippen molar-refractivity contribution in [2.24, 2.45) is 0 Å². The van der Waals surface area contributed by atoms with Crippen molar-refractivity contribution in [3.05, 3.63) is 24.0 Å². The number of aromatic nitrogens is 1. The van der Waals surface area contributed by atoms with Gasteiger partial charge in [-0.3, -0.25) is 4.79 Å². The van der Waals surface area contributed by atoms with Crippen molar-refractivity contribution in [3.8, 4) is 6.07 Å². The van der Waals surface area contributed by atoms with Gasteiger partial charge in [0.1, 0.15) is 11.8 Å². The maximum absolute atomic E-state index is 10.4. The second-order valence-corrected chi connectivity index (χ2v) is 3.08. The van der Waals surface area contributed by atoms with Crippen LogP contribution in [0, 0.1) is 11.3 Å². The van der Waals surface area contributed by atoms with E-state index in [-0.39, 0.29) is 6.42 Å². The monoisotopic (exact) mass is 205 g/mol. The van der Waals surface area contributed by atoms with E-state index in [0.717, 1.165) is 5.69 Å². The van der Waals surface area contributed by atoms with E-state index in [9.17, 15) is 4.79 Å². The van der Waals surface area contributed by atoms with E-state index < -0.39 is 5.97 Å². The van der Waals surface area contributed by atoms with Crippen molar-refractivity contribution in [2.45, 2.75) is 6.42 Å². The molecule has 1 rings (SSSR count). The average Bonchev–Trinajstić information content (AvgIpc) is 2.26. The molecular weight excluding hydrogens is 194 g/mol. The van der Waals surface area contributed by atoms with Crippen molar-refractivity contribution in [3.63, 3.8) is 0 Å². The first-order chi connectivity index (χ1) is 7.13. The standard InChI is InChI=1S/C10H11N3O2/c1-13(5-4-10(14)15)9-3-2-8(6-11)12-7-9/h2-3,7H,4-5H2,1H3,(H,14,15). The third-order valence-electron chi connectivity index (χ3n) is 1.96. The maximum atomic E-state index is 10.4. The highest BCUT2D eigenvalue weighted by Gasteiger charge is 2.04. The first kappa shape index (κ1) is 11.0. The predicted octanol–water partition coefficient (Wildman–Crippen LogP) is 0.864. The number of hydrogen-bond acceptors (Lipinski definition) is 4. The summed E-state index contributed by atoms with van der Waals surface area (Å²) in [5.74, 6) is -0.830. The number of carboxylic acid groups (broad SMARTS) is 1. The van der Waals surface area contributed by atoms with E-state index >= 15 is 0 Å².